The molecular formula is C65H44N2. The zero-order valence-corrected chi connectivity index (χ0v) is 36.8. The van der Waals surface area contributed by atoms with E-state index in [4.69, 9.17) is 0 Å². The van der Waals surface area contributed by atoms with Gasteiger partial charge in [0.25, 0.3) is 0 Å². The van der Waals surface area contributed by atoms with E-state index in [1.165, 1.54) is 88.2 Å². The third-order valence-corrected chi connectivity index (χ3v) is 14.1. The standard InChI is InChI=1S/C65H44N2/c1-2-17-49(18-3-1)65(61-25-10-6-20-57(61)58-21-7-11-26-62(58)65)50-35-43-53(44-36-50)66(52-41-33-48(34-42-52)56-24-14-16-47-15-4-5-19-55(47)56)51-37-29-45(30-38-51)46-31-39-54(40-32-46)67-63-27-12-8-22-59(63)60-23-9-13-28-64(60)67/h1-44H. The lowest BCUT2D eigenvalue weighted by Crippen LogP contribution is -2.28. The predicted molar refractivity (Wildman–Crippen MR) is 281 cm³/mol. The van der Waals surface area contributed by atoms with E-state index in [1.807, 2.05) is 0 Å². The van der Waals surface area contributed by atoms with Gasteiger partial charge in [-0.25, -0.2) is 0 Å². The summed E-state index contributed by atoms with van der Waals surface area (Å²) >= 11 is 0. The summed E-state index contributed by atoms with van der Waals surface area (Å²) in [6.45, 7) is 0. The highest BCUT2D eigenvalue weighted by Gasteiger charge is 2.45. The van der Waals surface area contributed by atoms with E-state index >= 15 is 0 Å². The van der Waals surface area contributed by atoms with Crippen molar-refractivity contribution in [3.05, 3.63) is 289 Å². The molecule has 12 aromatic rings. The number of anilines is 3. The van der Waals surface area contributed by atoms with Crippen molar-refractivity contribution in [1.29, 1.82) is 0 Å². The van der Waals surface area contributed by atoms with E-state index < -0.39 is 5.41 Å². The van der Waals surface area contributed by atoms with E-state index in [9.17, 15) is 0 Å². The molecule has 0 unspecified atom stereocenters. The summed E-state index contributed by atoms with van der Waals surface area (Å²) in [6, 6.07) is 97.9. The van der Waals surface area contributed by atoms with Gasteiger partial charge in [-0.15, -0.1) is 0 Å². The fraction of sp³-hybridized carbons (Fsp3) is 0.0154. The van der Waals surface area contributed by atoms with Crippen LogP contribution in [0.5, 0.6) is 0 Å². The molecule has 0 saturated carbocycles. The highest BCUT2D eigenvalue weighted by molar-refractivity contribution is 6.09. The smallest absolute Gasteiger partial charge is 0.0713 e. The van der Waals surface area contributed by atoms with Crippen LogP contribution in [0.2, 0.25) is 0 Å². The van der Waals surface area contributed by atoms with Gasteiger partial charge in [0, 0.05) is 33.5 Å². The van der Waals surface area contributed by atoms with Gasteiger partial charge < -0.3 is 9.47 Å². The summed E-state index contributed by atoms with van der Waals surface area (Å²) in [5.41, 5.74) is 18.9. The minimum atomic E-state index is -0.462. The molecule has 0 radical (unpaired) electrons. The highest BCUT2D eigenvalue weighted by Crippen LogP contribution is 2.56. The molecule has 1 aliphatic carbocycles. The van der Waals surface area contributed by atoms with Crippen LogP contribution >= 0.6 is 0 Å². The van der Waals surface area contributed by atoms with Gasteiger partial charge in [-0.2, -0.15) is 0 Å². The lowest BCUT2D eigenvalue weighted by atomic mass is 9.68. The van der Waals surface area contributed by atoms with Crippen molar-refractivity contribution in [3.8, 4) is 39.1 Å². The normalized spacial score (nSPS) is 12.6. The van der Waals surface area contributed by atoms with Crippen LogP contribution in [0.3, 0.4) is 0 Å². The van der Waals surface area contributed by atoms with Gasteiger partial charge in [-0.3, -0.25) is 0 Å². The Morgan fingerprint density at radius 3 is 1.30 bits per heavy atom. The summed E-state index contributed by atoms with van der Waals surface area (Å²) in [6.07, 6.45) is 0. The minimum Gasteiger partial charge on any atom is -0.311 e. The lowest BCUT2D eigenvalue weighted by molar-refractivity contribution is 0.768. The molecule has 67 heavy (non-hydrogen) atoms. The van der Waals surface area contributed by atoms with Gasteiger partial charge >= 0.3 is 0 Å². The molecule has 13 rings (SSSR count). The van der Waals surface area contributed by atoms with E-state index in [0.717, 1.165) is 22.7 Å². The molecule has 0 aliphatic heterocycles. The Labute approximate surface area is 390 Å². The van der Waals surface area contributed by atoms with Crippen LogP contribution in [-0.2, 0) is 5.41 Å². The zero-order chi connectivity index (χ0) is 44.3. The van der Waals surface area contributed by atoms with Crippen LogP contribution in [0.4, 0.5) is 17.1 Å². The Hall–Kier alpha value is -8.72. The van der Waals surface area contributed by atoms with E-state index in [0.29, 0.717) is 0 Å². The van der Waals surface area contributed by atoms with Crippen molar-refractivity contribution in [1.82, 2.24) is 4.57 Å². The third kappa shape index (κ3) is 6.18. The first-order chi connectivity index (χ1) is 33.2. The van der Waals surface area contributed by atoms with Crippen molar-refractivity contribution in [2.45, 2.75) is 5.41 Å². The molecule has 0 N–H and O–H groups in total. The maximum Gasteiger partial charge on any atom is 0.0713 e. The maximum atomic E-state index is 2.39. The van der Waals surface area contributed by atoms with Crippen molar-refractivity contribution >= 4 is 49.6 Å². The van der Waals surface area contributed by atoms with Crippen molar-refractivity contribution in [3.63, 3.8) is 0 Å². The third-order valence-electron chi connectivity index (χ3n) is 14.1. The van der Waals surface area contributed by atoms with Gasteiger partial charge in [0.05, 0.1) is 16.4 Å². The first-order valence-corrected chi connectivity index (χ1v) is 23.2. The van der Waals surface area contributed by atoms with Crippen LogP contribution in [0.1, 0.15) is 22.3 Å². The number of aromatic nitrogens is 1. The van der Waals surface area contributed by atoms with Gasteiger partial charge in [0.2, 0.25) is 0 Å². The Morgan fingerprint density at radius 2 is 0.701 bits per heavy atom. The van der Waals surface area contributed by atoms with Crippen LogP contribution in [0.15, 0.2) is 267 Å². The SMILES string of the molecule is c1ccc(C2(c3ccc(N(c4ccc(-c5ccc(-n6c7ccccc7c7ccccc76)cc5)cc4)c4ccc(-c5cccc6ccccc56)cc4)cc3)c3ccccc3-c3ccccc32)cc1. The first kappa shape index (κ1) is 38.7. The largest absolute Gasteiger partial charge is 0.311 e. The highest BCUT2D eigenvalue weighted by atomic mass is 15.1. The summed E-state index contributed by atoms with van der Waals surface area (Å²) in [7, 11) is 0. The fourth-order valence-electron chi connectivity index (χ4n) is 11.1. The van der Waals surface area contributed by atoms with Crippen molar-refractivity contribution in [2.75, 3.05) is 4.90 Å². The van der Waals surface area contributed by atoms with Crippen LogP contribution < -0.4 is 4.90 Å². The van der Waals surface area contributed by atoms with Crippen LogP contribution in [0.25, 0.3) is 71.6 Å². The second-order valence-electron chi connectivity index (χ2n) is 17.6. The second kappa shape index (κ2) is 15.8. The predicted octanol–water partition coefficient (Wildman–Crippen LogP) is 17.1. The monoisotopic (exact) mass is 852 g/mol. The maximum absolute atomic E-state index is 2.39. The molecule has 1 aliphatic rings. The lowest BCUT2D eigenvalue weighted by Gasteiger charge is -2.34. The van der Waals surface area contributed by atoms with Crippen LogP contribution in [-0.4, -0.2) is 4.57 Å². The Bertz CT molecular complexity index is 3670. The molecule has 0 fully saturated rings. The topological polar surface area (TPSA) is 8.17 Å². The minimum absolute atomic E-state index is 0.462. The molecule has 0 bridgehead atoms. The number of para-hydroxylation sites is 2. The number of nitrogens with zero attached hydrogens (tertiary/aromatic N) is 2. The van der Waals surface area contributed by atoms with Crippen molar-refractivity contribution < 1.29 is 0 Å². The summed E-state index contributed by atoms with van der Waals surface area (Å²) in [4.78, 5) is 2.39. The zero-order valence-electron chi connectivity index (χ0n) is 36.8. The number of hydrogen-bond donors (Lipinski definition) is 0. The summed E-state index contributed by atoms with van der Waals surface area (Å²) < 4.78 is 2.37. The molecular weight excluding hydrogens is 809 g/mol. The Balaban J connectivity index is 0.904. The molecule has 1 aromatic heterocycles. The summed E-state index contributed by atoms with van der Waals surface area (Å²) in [5.74, 6) is 0. The molecule has 0 saturated heterocycles. The molecule has 2 nitrogen and oxygen atoms in total. The number of hydrogen-bond acceptors (Lipinski definition) is 1. The molecule has 0 spiro atoms. The number of benzene rings is 11. The average molecular weight is 853 g/mol. The Kier molecular flexibility index (Phi) is 9.11. The summed E-state index contributed by atoms with van der Waals surface area (Å²) in [5, 5.41) is 5.04. The van der Waals surface area contributed by atoms with Gasteiger partial charge in [0.15, 0.2) is 0 Å². The molecule has 1 heterocycles. The van der Waals surface area contributed by atoms with Gasteiger partial charge in [-0.1, -0.05) is 206 Å². The van der Waals surface area contributed by atoms with E-state index in [1.54, 1.807) is 0 Å². The fourth-order valence-corrected chi connectivity index (χ4v) is 11.1. The quantitative estimate of drug-likeness (QED) is 0.148. The molecule has 2 heteroatoms. The average Bonchev–Trinajstić information content (AvgIpc) is 3.91. The number of fused-ring (bicyclic) bond motifs is 7. The van der Waals surface area contributed by atoms with Gasteiger partial charge in [0.1, 0.15) is 0 Å². The van der Waals surface area contributed by atoms with E-state index in [2.05, 4.69) is 276 Å². The van der Waals surface area contributed by atoms with Crippen LogP contribution in [0, 0.1) is 0 Å². The molecule has 11 aromatic carbocycles. The first-order valence-electron chi connectivity index (χ1n) is 23.2. The van der Waals surface area contributed by atoms with E-state index in [-0.39, 0.29) is 0 Å². The van der Waals surface area contributed by atoms with Gasteiger partial charge in [-0.05, 0) is 127 Å². The van der Waals surface area contributed by atoms with Crippen molar-refractivity contribution in [2.24, 2.45) is 0 Å². The Morgan fingerprint density at radius 1 is 0.284 bits per heavy atom. The molecule has 0 atom stereocenters. The number of rotatable bonds is 8. The second-order valence-corrected chi connectivity index (χ2v) is 17.6. The molecule has 0 amide bonds. The molecule has 314 valence electrons.